The molecule has 0 spiro atoms. The van der Waals surface area contributed by atoms with Crippen LogP contribution in [-0.2, 0) is 32.7 Å². The van der Waals surface area contributed by atoms with E-state index in [-0.39, 0.29) is 12.8 Å². The van der Waals surface area contributed by atoms with E-state index in [1.807, 2.05) is 0 Å². The topological polar surface area (TPSA) is 169 Å². The van der Waals surface area contributed by atoms with Gasteiger partial charge in [-0.25, -0.2) is 9.36 Å². The normalized spacial score (nSPS) is 13.8. The van der Waals surface area contributed by atoms with Gasteiger partial charge in [0.15, 0.2) is 6.04 Å². The third-order valence-electron chi connectivity index (χ3n) is 9.80. The number of aliphatic hydroxyl groups is 1. The Balaban J connectivity index is 3.89. The van der Waals surface area contributed by atoms with Crippen LogP contribution in [0.1, 0.15) is 213 Å². The Hall–Kier alpha value is -1.78. The van der Waals surface area contributed by atoms with Crippen LogP contribution in [0.4, 0.5) is 0 Å². The number of phosphoric ester groups is 1. The summed E-state index contributed by atoms with van der Waals surface area (Å²) < 4.78 is 26.8. The molecule has 0 radical (unpaired) electrons. The van der Waals surface area contributed by atoms with E-state index < -0.39 is 57.6 Å². The fourth-order valence-corrected chi connectivity index (χ4v) is 7.08. The molecule has 0 saturated heterocycles. The summed E-state index contributed by atoms with van der Waals surface area (Å²) in [5, 5.41) is 21.8. The number of allylic oxidation sites excluding steroid dienone is 2. The van der Waals surface area contributed by atoms with Gasteiger partial charge in [0.05, 0.1) is 13.2 Å². The quantitative estimate of drug-likeness (QED) is 0.0202. The van der Waals surface area contributed by atoms with E-state index in [1.165, 1.54) is 116 Å². The predicted molar refractivity (Wildman–Crippen MR) is 222 cm³/mol. The Labute approximate surface area is 335 Å². The van der Waals surface area contributed by atoms with Gasteiger partial charge in [0.2, 0.25) is 5.91 Å². The lowest BCUT2D eigenvalue weighted by atomic mass is 10.0. The van der Waals surface area contributed by atoms with E-state index in [9.17, 15) is 34.1 Å². The number of carboxylic acid groups (broad SMARTS) is 1. The van der Waals surface area contributed by atoms with Gasteiger partial charge in [0.1, 0.15) is 12.7 Å². The molecular formula is C43H82NO10P. The minimum Gasteiger partial charge on any atom is -0.480 e. The van der Waals surface area contributed by atoms with Gasteiger partial charge in [-0.05, 0) is 38.5 Å². The van der Waals surface area contributed by atoms with Crippen molar-refractivity contribution in [2.24, 2.45) is 0 Å². The van der Waals surface area contributed by atoms with Gasteiger partial charge in [-0.1, -0.05) is 174 Å². The van der Waals surface area contributed by atoms with Gasteiger partial charge in [-0.15, -0.1) is 0 Å². The number of carboxylic acids is 1. The number of aliphatic hydroxyl groups excluding tert-OH is 1. The SMILES string of the molecule is CCCCCCCC/C=C\CCCCCCCC(=O)OCC(O)COP(=O)(O)OCC(NC(=O)CCCCCCCCCCCCCCCCCC)C(=O)O. The number of phosphoric acid groups is 1. The number of carbonyl (C=O) groups excluding carboxylic acids is 2. The van der Waals surface area contributed by atoms with Crippen molar-refractivity contribution in [3.8, 4) is 0 Å². The number of unbranched alkanes of at least 4 members (excludes halogenated alkanes) is 26. The lowest BCUT2D eigenvalue weighted by Gasteiger charge is -2.18. The maximum atomic E-state index is 12.3. The maximum Gasteiger partial charge on any atom is 0.472 e. The Morgan fingerprint density at radius 2 is 0.945 bits per heavy atom. The van der Waals surface area contributed by atoms with Gasteiger partial charge in [-0.3, -0.25) is 18.6 Å². The van der Waals surface area contributed by atoms with Crippen molar-refractivity contribution in [3.63, 3.8) is 0 Å². The van der Waals surface area contributed by atoms with Crippen LogP contribution in [0.25, 0.3) is 0 Å². The standard InChI is InChI=1S/C43H82NO10P/c1-3-5-7-9-11-13-15-17-19-21-22-24-26-28-30-32-34-41(46)44-40(43(48)49)38-54-55(50,51)53-37-39(45)36-52-42(47)35-33-31-29-27-25-23-20-18-16-14-12-10-8-6-4-2/h18,20,39-40,45H,3-17,19,21-38H2,1-2H3,(H,44,46)(H,48,49)(H,50,51)/b20-18-. The first-order valence-electron chi connectivity index (χ1n) is 22.2. The highest BCUT2D eigenvalue weighted by Gasteiger charge is 2.28. The molecular weight excluding hydrogens is 721 g/mol. The highest BCUT2D eigenvalue weighted by atomic mass is 31.2. The van der Waals surface area contributed by atoms with E-state index in [2.05, 4.69) is 31.3 Å². The number of hydrogen-bond donors (Lipinski definition) is 4. The minimum absolute atomic E-state index is 0.150. The van der Waals surface area contributed by atoms with Crippen LogP contribution in [0.15, 0.2) is 12.2 Å². The van der Waals surface area contributed by atoms with Crippen LogP contribution in [0.2, 0.25) is 0 Å². The molecule has 4 N–H and O–H groups in total. The molecule has 0 bridgehead atoms. The summed E-state index contributed by atoms with van der Waals surface area (Å²) in [5.74, 6) is -2.37. The van der Waals surface area contributed by atoms with Crippen molar-refractivity contribution >= 4 is 25.7 Å². The third-order valence-corrected chi connectivity index (χ3v) is 10.8. The smallest absolute Gasteiger partial charge is 0.472 e. The zero-order chi connectivity index (χ0) is 40.7. The third kappa shape index (κ3) is 38.9. The van der Waals surface area contributed by atoms with Gasteiger partial charge < -0.3 is 25.2 Å². The largest absolute Gasteiger partial charge is 0.480 e. The highest BCUT2D eigenvalue weighted by molar-refractivity contribution is 7.47. The van der Waals surface area contributed by atoms with E-state index in [1.54, 1.807) is 0 Å². The van der Waals surface area contributed by atoms with E-state index in [4.69, 9.17) is 13.8 Å². The number of amides is 1. The maximum absolute atomic E-state index is 12.3. The molecule has 0 aromatic carbocycles. The molecule has 12 heteroatoms. The van der Waals surface area contributed by atoms with Crippen LogP contribution >= 0.6 is 7.82 Å². The molecule has 0 heterocycles. The Morgan fingerprint density at radius 1 is 0.564 bits per heavy atom. The number of hydrogen-bond acceptors (Lipinski definition) is 8. The molecule has 0 aliphatic heterocycles. The van der Waals surface area contributed by atoms with Crippen LogP contribution in [0.3, 0.4) is 0 Å². The van der Waals surface area contributed by atoms with E-state index >= 15 is 0 Å². The zero-order valence-corrected chi connectivity index (χ0v) is 35.9. The number of rotatable bonds is 42. The molecule has 0 aromatic heterocycles. The first-order valence-corrected chi connectivity index (χ1v) is 23.7. The fourth-order valence-electron chi connectivity index (χ4n) is 6.31. The molecule has 324 valence electrons. The van der Waals surface area contributed by atoms with Crippen molar-refractivity contribution in [1.82, 2.24) is 5.32 Å². The molecule has 0 aliphatic carbocycles. The minimum atomic E-state index is -4.75. The summed E-state index contributed by atoms with van der Waals surface area (Å²) in [4.78, 5) is 45.9. The van der Waals surface area contributed by atoms with Crippen LogP contribution in [0, 0.1) is 0 Å². The molecule has 0 aromatic rings. The number of carbonyl (C=O) groups is 3. The van der Waals surface area contributed by atoms with Crippen molar-refractivity contribution in [3.05, 3.63) is 12.2 Å². The molecule has 1 amide bonds. The summed E-state index contributed by atoms with van der Waals surface area (Å²) in [5.41, 5.74) is 0. The molecule has 3 atom stereocenters. The van der Waals surface area contributed by atoms with Gasteiger partial charge in [0.25, 0.3) is 0 Å². The summed E-state index contributed by atoms with van der Waals surface area (Å²) in [6.45, 7) is 2.60. The van der Waals surface area contributed by atoms with Crippen molar-refractivity contribution < 1.29 is 47.8 Å². The Morgan fingerprint density at radius 3 is 1.38 bits per heavy atom. The second kappa shape index (κ2) is 39.1. The van der Waals surface area contributed by atoms with Crippen molar-refractivity contribution in [1.29, 1.82) is 0 Å². The lowest BCUT2D eigenvalue weighted by Crippen LogP contribution is -2.43. The first kappa shape index (κ1) is 53.2. The molecule has 11 nitrogen and oxygen atoms in total. The number of esters is 1. The first-order chi connectivity index (χ1) is 26.6. The summed E-state index contributed by atoms with van der Waals surface area (Å²) in [6, 6.07) is -1.54. The lowest BCUT2D eigenvalue weighted by molar-refractivity contribution is -0.147. The van der Waals surface area contributed by atoms with Gasteiger partial charge in [0, 0.05) is 12.8 Å². The van der Waals surface area contributed by atoms with Crippen LogP contribution in [-0.4, -0.2) is 64.9 Å². The highest BCUT2D eigenvalue weighted by Crippen LogP contribution is 2.43. The average Bonchev–Trinajstić information content (AvgIpc) is 3.16. The molecule has 0 rings (SSSR count). The monoisotopic (exact) mass is 804 g/mol. The number of ether oxygens (including phenoxy) is 1. The van der Waals surface area contributed by atoms with Crippen LogP contribution < -0.4 is 5.32 Å². The van der Waals surface area contributed by atoms with E-state index in [0.29, 0.717) is 12.8 Å². The van der Waals surface area contributed by atoms with Gasteiger partial charge >= 0.3 is 19.8 Å². The summed E-state index contributed by atoms with van der Waals surface area (Å²) in [6.07, 6.45) is 38.0. The van der Waals surface area contributed by atoms with Crippen LogP contribution in [0.5, 0.6) is 0 Å². The van der Waals surface area contributed by atoms with Crippen molar-refractivity contribution in [2.75, 3.05) is 19.8 Å². The molecule has 0 aliphatic rings. The zero-order valence-electron chi connectivity index (χ0n) is 35.0. The Bertz CT molecular complexity index is 995. The molecule has 0 fully saturated rings. The second-order valence-electron chi connectivity index (χ2n) is 15.2. The van der Waals surface area contributed by atoms with Gasteiger partial charge in [-0.2, -0.15) is 0 Å². The average molecular weight is 804 g/mol. The number of nitrogens with one attached hydrogen (secondary N) is 1. The molecule has 3 unspecified atom stereocenters. The predicted octanol–water partition coefficient (Wildman–Crippen LogP) is 11.3. The fraction of sp³-hybridized carbons (Fsp3) is 0.884. The molecule has 0 saturated carbocycles. The summed E-state index contributed by atoms with van der Waals surface area (Å²) in [7, 11) is -4.75. The second-order valence-corrected chi connectivity index (χ2v) is 16.7. The van der Waals surface area contributed by atoms with Crippen molar-refractivity contribution in [2.45, 2.75) is 225 Å². The Kier molecular flexibility index (Phi) is 37.8. The summed E-state index contributed by atoms with van der Waals surface area (Å²) >= 11 is 0. The number of aliphatic carboxylic acids is 1. The molecule has 55 heavy (non-hydrogen) atoms. The van der Waals surface area contributed by atoms with E-state index in [0.717, 1.165) is 57.8 Å².